The third-order valence-electron chi connectivity index (χ3n) is 1.37. The SMILES string of the molecule is C.CCc1ccccc1O. The molecule has 0 heterocycles. The molecule has 0 fully saturated rings. The van der Waals surface area contributed by atoms with E-state index in [1.165, 1.54) is 0 Å². The maximum atomic E-state index is 9.11. The second-order valence-electron chi connectivity index (χ2n) is 1.98. The Morgan fingerprint density at radius 1 is 1.30 bits per heavy atom. The van der Waals surface area contributed by atoms with Crippen molar-refractivity contribution in [2.75, 3.05) is 0 Å². The summed E-state index contributed by atoms with van der Waals surface area (Å²) in [5.74, 6) is 0.403. The van der Waals surface area contributed by atoms with Crippen LogP contribution < -0.4 is 0 Å². The third-order valence-corrected chi connectivity index (χ3v) is 1.37. The topological polar surface area (TPSA) is 20.2 Å². The first kappa shape index (κ1) is 9.02. The Balaban J connectivity index is 0.000000810. The number of benzene rings is 1. The number of hydrogen-bond acceptors (Lipinski definition) is 1. The molecule has 56 valence electrons. The molecule has 0 saturated carbocycles. The molecule has 1 aromatic carbocycles. The summed E-state index contributed by atoms with van der Waals surface area (Å²) in [7, 11) is 0. The van der Waals surface area contributed by atoms with E-state index >= 15 is 0 Å². The molecule has 0 amide bonds. The third kappa shape index (κ3) is 1.76. The average Bonchev–Trinajstić information content (AvgIpc) is 1.89. The molecule has 1 aromatic rings. The molecule has 1 heteroatoms. The predicted octanol–water partition coefficient (Wildman–Crippen LogP) is 2.59. The van der Waals surface area contributed by atoms with Crippen LogP contribution in [0, 0.1) is 0 Å². The molecule has 0 saturated heterocycles. The Kier molecular flexibility index (Phi) is 3.55. The molecule has 0 aromatic heterocycles. The molecule has 1 nitrogen and oxygen atoms in total. The van der Waals surface area contributed by atoms with E-state index in [2.05, 4.69) is 0 Å². The molecule has 0 atom stereocenters. The predicted molar refractivity (Wildman–Crippen MR) is 44.2 cm³/mol. The van der Waals surface area contributed by atoms with E-state index in [4.69, 9.17) is 5.11 Å². The van der Waals surface area contributed by atoms with Gasteiger partial charge in [0.25, 0.3) is 0 Å². The van der Waals surface area contributed by atoms with Crippen LogP contribution in [0.5, 0.6) is 5.75 Å². The monoisotopic (exact) mass is 138 g/mol. The van der Waals surface area contributed by atoms with Gasteiger partial charge in [0, 0.05) is 0 Å². The van der Waals surface area contributed by atoms with E-state index in [1.807, 2.05) is 25.1 Å². The van der Waals surface area contributed by atoms with Gasteiger partial charge in [-0.15, -0.1) is 0 Å². The molecule has 0 unspecified atom stereocenters. The van der Waals surface area contributed by atoms with Crippen molar-refractivity contribution in [2.45, 2.75) is 20.8 Å². The molecular formula is C9H14O. The first-order chi connectivity index (χ1) is 4.34. The fraction of sp³-hybridized carbons (Fsp3) is 0.333. The number of phenols is 1. The fourth-order valence-electron chi connectivity index (χ4n) is 0.810. The summed E-state index contributed by atoms with van der Waals surface area (Å²) < 4.78 is 0. The number of para-hydroxylation sites is 1. The number of aromatic hydroxyl groups is 1. The van der Waals surface area contributed by atoms with Crippen molar-refractivity contribution in [3.8, 4) is 5.75 Å². The van der Waals surface area contributed by atoms with Gasteiger partial charge in [0.15, 0.2) is 0 Å². The highest BCUT2D eigenvalue weighted by atomic mass is 16.3. The number of aryl methyl sites for hydroxylation is 1. The Morgan fingerprint density at radius 3 is 2.30 bits per heavy atom. The number of phenolic OH excluding ortho intramolecular Hbond substituents is 1. The molecule has 0 radical (unpaired) electrons. The summed E-state index contributed by atoms with van der Waals surface area (Å²) in [6.45, 7) is 2.02. The highest BCUT2D eigenvalue weighted by Gasteiger charge is 1.92. The minimum Gasteiger partial charge on any atom is -0.508 e. The second kappa shape index (κ2) is 3.94. The lowest BCUT2D eigenvalue weighted by Crippen LogP contribution is -1.77. The van der Waals surface area contributed by atoms with Crippen LogP contribution in [0.3, 0.4) is 0 Å². The summed E-state index contributed by atoms with van der Waals surface area (Å²) >= 11 is 0. The maximum absolute atomic E-state index is 9.11. The Morgan fingerprint density at radius 2 is 1.90 bits per heavy atom. The van der Waals surface area contributed by atoms with Crippen molar-refractivity contribution in [3.63, 3.8) is 0 Å². The van der Waals surface area contributed by atoms with Gasteiger partial charge < -0.3 is 5.11 Å². The quantitative estimate of drug-likeness (QED) is 0.632. The Hall–Kier alpha value is -0.980. The Bertz CT molecular complexity index is 194. The largest absolute Gasteiger partial charge is 0.508 e. The van der Waals surface area contributed by atoms with Gasteiger partial charge in [-0.25, -0.2) is 0 Å². The van der Waals surface area contributed by atoms with Gasteiger partial charge in [0.2, 0.25) is 0 Å². The van der Waals surface area contributed by atoms with E-state index in [9.17, 15) is 0 Å². The van der Waals surface area contributed by atoms with Crippen molar-refractivity contribution < 1.29 is 5.11 Å². The molecule has 1 rings (SSSR count). The Labute approximate surface area is 62.3 Å². The molecule has 0 bridgehead atoms. The van der Waals surface area contributed by atoms with E-state index in [1.54, 1.807) is 6.07 Å². The van der Waals surface area contributed by atoms with Crippen LogP contribution in [0.2, 0.25) is 0 Å². The average molecular weight is 138 g/mol. The number of rotatable bonds is 1. The van der Waals surface area contributed by atoms with Crippen LogP contribution in [-0.4, -0.2) is 5.11 Å². The molecule has 0 aliphatic carbocycles. The summed E-state index contributed by atoms with van der Waals surface area (Å²) in [4.78, 5) is 0. The van der Waals surface area contributed by atoms with Crippen molar-refractivity contribution >= 4 is 0 Å². The standard InChI is InChI=1S/C8H10O.CH4/c1-2-7-5-3-4-6-8(7)9;/h3-6,9H,2H2,1H3;1H4. The van der Waals surface area contributed by atoms with E-state index in [0.717, 1.165) is 12.0 Å². The molecule has 10 heavy (non-hydrogen) atoms. The highest BCUT2D eigenvalue weighted by Crippen LogP contribution is 2.14. The van der Waals surface area contributed by atoms with Crippen LogP contribution in [-0.2, 0) is 6.42 Å². The zero-order chi connectivity index (χ0) is 6.69. The molecular weight excluding hydrogens is 124 g/mol. The zero-order valence-electron chi connectivity index (χ0n) is 5.46. The summed E-state index contributed by atoms with van der Waals surface area (Å²) in [5.41, 5.74) is 1.01. The summed E-state index contributed by atoms with van der Waals surface area (Å²) in [6, 6.07) is 7.39. The van der Waals surface area contributed by atoms with Crippen molar-refractivity contribution in [1.29, 1.82) is 0 Å². The van der Waals surface area contributed by atoms with Crippen molar-refractivity contribution in [1.82, 2.24) is 0 Å². The van der Waals surface area contributed by atoms with E-state index < -0.39 is 0 Å². The van der Waals surface area contributed by atoms with Gasteiger partial charge in [0.1, 0.15) is 5.75 Å². The summed E-state index contributed by atoms with van der Waals surface area (Å²) in [6.07, 6.45) is 0.896. The number of hydrogen-bond donors (Lipinski definition) is 1. The van der Waals surface area contributed by atoms with Gasteiger partial charge in [-0.2, -0.15) is 0 Å². The normalized spacial score (nSPS) is 8.50. The van der Waals surface area contributed by atoms with Crippen LogP contribution in [0.25, 0.3) is 0 Å². The summed E-state index contributed by atoms with van der Waals surface area (Å²) in [5, 5.41) is 9.11. The molecule has 1 N–H and O–H groups in total. The van der Waals surface area contributed by atoms with Crippen molar-refractivity contribution in [3.05, 3.63) is 29.8 Å². The van der Waals surface area contributed by atoms with E-state index in [-0.39, 0.29) is 7.43 Å². The lowest BCUT2D eigenvalue weighted by Gasteiger charge is -1.97. The van der Waals surface area contributed by atoms with Crippen molar-refractivity contribution in [2.24, 2.45) is 0 Å². The van der Waals surface area contributed by atoms with Crippen LogP contribution in [0.15, 0.2) is 24.3 Å². The molecule has 0 aliphatic heterocycles. The second-order valence-corrected chi connectivity index (χ2v) is 1.98. The van der Waals surface area contributed by atoms with Crippen LogP contribution in [0.1, 0.15) is 19.9 Å². The zero-order valence-corrected chi connectivity index (χ0v) is 5.46. The lowest BCUT2D eigenvalue weighted by atomic mass is 10.1. The first-order valence-corrected chi connectivity index (χ1v) is 3.11. The van der Waals surface area contributed by atoms with Gasteiger partial charge in [-0.05, 0) is 18.1 Å². The molecule has 0 aliphatic rings. The van der Waals surface area contributed by atoms with Crippen LogP contribution in [0.4, 0.5) is 0 Å². The van der Waals surface area contributed by atoms with Gasteiger partial charge >= 0.3 is 0 Å². The minimum atomic E-state index is 0. The fourth-order valence-corrected chi connectivity index (χ4v) is 0.810. The van der Waals surface area contributed by atoms with Gasteiger partial charge in [-0.3, -0.25) is 0 Å². The lowest BCUT2D eigenvalue weighted by molar-refractivity contribution is 0.469. The smallest absolute Gasteiger partial charge is 0.118 e. The molecule has 0 spiro atoms. The van der Waals surface area contributed by atoms with Crippen LogP contribution >= 0.6 is 0 Å². The first-order valence-electron chi connectivity index (χ1n) is 3.11. The minimum absolute atomic E-state index is 0. The van der Waals surface area contributed by atoms with Gasteiger partial charge in [0.05, 0.1) is 0 Å². The maximum Gasteiger partial charge on any atom is 0.118 e. The van der Waals surface area contributed by atoms with Gasteiger partial charge in [-0.1, -0.05) is 32.5 Å². The van der Waals surface area contributed by atoms with E-state index in [0.29, 0.717) is 5.75 Å². The highest BCUT2D eigenvalue weighted by molar-refractivity contribution is 5.31.